The topological polar surface area (TPSA) is 9.23 Å². The van der Waals surface area contributed by atoms with Crippen LogP contribution >= 0.6 is 0 Å². The highest BCUT2D eigenvalue weighted by molar-refractivity contribution is 6.78. The maximum absolute atomic E-state index is 6.59. The Bertz CT molecular complexity index is 361. The van der Waals surface area contributed by atoms with Crippen LogP contribution in [0, 0.1) is 13.0 Å². The van der Waals surface area contributed by atoms with Gasteiger partial charge in [-0.15, -0.1) is 0 Å². The summed E-state index contributed by atoms with van der Waals surface area (Å²) in [4.78, 5) is 0. The largest absolute Gasteiger partial charge is 0.543 e. The summed E-state index contributed by atoms with van der Waals surface area (Å²) in [6.45, 7) is 15.9. The Balaban J connectivity index is 3.12. The lowest BCUT2D eigenvalue weighted by molar-refractivity contribution is 0.479. The molecule has 0 saturated carbocycles. The minimum Gasteiger partial charge on any atom is -0.543 e. The third kappa shape index (κ3) is 2.97. The highest BCUT2D eigenvalue weighted by Gasteiger charge is 2.46. The molecule has 101 valence electrons. The fourth-order valence-electron chi connectivity index (χ4n) is 3.18. The molecule has 18 heavy (non-hydrogen) atoms. The molecular weight excluding hydrogens is 236 g/mol. The van der Waals surface area contributed by atoms with Gasteiger partial charge in [0.2, 0.25) is 0 Å². The van der Waals surface area contributed by atoms with Gasteiger partial charge < -0.3 is 4.43 Å². The molecule has 1 aromatic rings. The van der Waals surface area contributed by atoms with Crippen molar-refractivity contribution in [1.82, 2.24) is 0 Å². The summed E-state index contributed by atoms with van der Waals surface area (Å²) in [5.41, 5.74) is 2.98. The number of rotatable bonds is 5. The van der Waals surface area contributed by atoms with E-state index in [0.29, 0.717) is 16.6 Å². The van der Waals surface area contributed by atoms with Crippen LogP contribution in [0.4, 0.5) is 0 Å². The third-order valence-electron chi connectivity index (χ3n) is 3.92. The molecule has 0 aliphatic rings. The summed E-state index contributed by atoms with van der Waals surface area (Å²) >= 11 is 0. The predicted molar refractivity (Wildman–Crippen MR) is 81.7 cm³/mol. The van der Waals surface area contributed by atoms with Crippen molar-refractivity contribution in [2.45, 2.75) is 65.1 Å². The molecule has 0 N–H and O–H groups in total. The maximum atomic E-state index is 6.59. The first-order chi connectivity index (χ1) is 8.30. The SMILES string of the molecule is Cc1[c]ccc(O[Si](C(C)C)(C(C)C)C(C)C)c1. The summed E-state index contributed by atoms with van der Waals surface area (Å²) in [5.74, 6) is 1.02. The van der Waals surface area contributed by atoms with E-state index >= 15 is 0 Å². The van der Waals surface area contributed by atoms with Crippen LogP contribution in [0.3, 0.4) is 0 Å². The van der Waals surface area contributed by atoms with E-state index < -0.39 is 8.32 Å². The van der Waals surface area contributed by atoms with Crippen LogP contribution < -0.4 is 4.43 Å². The van der Waals surface area contributed by atoms with Crippen LogP contribution in [0.25, 0.3) is 0 Å². The molecule has 0 amide bonds. The van der Waals surface area contributed by atoms with E-state index in [1.54, 1.807) is 0 Å². The molecule has 0 fully saturated rings. The van der Waals surface area contributed by atoms with Crippen molar-refractivity contribution in [2.24, 2.45) is 0 Å². The molecule has 1 radical (unpaired) electrons. The van der Waals surface area contributed by atoms with Crippen LogP contribution in [0.15, 0.2) is 18.2 Å². The van der Waals surface area contributed by atoms with Crippen LogP contribution in [0.5, 0.6) is 5.75 Å². The predicted octanol–water partition coefficient (Wildman–Crippen LogP) is 5.35. The van der Waals surface area contributed by atoms with Crippen molar-refractivity contribution in [1.29, 1.82) is 0 Å². The van der Waals surface area contributed by atoms with Gasteiger partial charge in [0.15, 0.2) is 0 Å². The molecule has 0 spiro atoms. The molecule has 0 unspecified atom stereocenters. The smallest absolute Gasteiger partial charge is 0.258 e. The Morgan fingerprint density at radius 2 is 1.50 bits per heavy atom. The quantitative estimate of drug-likeness (QED) is 0.651. The molecule has 0 heterocycles. The lowest BCUT2D eigenvalue weighted by atomic mass is 10.2. The van der Waals surface area contributed by atoms with Gasteiger partial charge in [-0.2, -0.15) is 0 Å². The van der Waals surface area contributed by atoms with Crippen molar-refractivity contribution in [2.75, 3.05) is 0 Å². The van der Waals surface area contributed by atoms with Crippen LogP contribution in [-0.2, 0) is 0 Å². The zero-order valence-corrected chi connectivity index (χ0v) is 13.9. The minimum atomic E-state index is -1.81. The molecular formula is C16H27OSi. The van der Waals surface area contributed by atoms with Gasteiger partial charge in [0, 0.05) is 0 Å². The molecule has 0 saturated heterocycles. The molecule has 1 nitrogen and oxygen atoms in total. The van der Waals surface area contributed by atoms with E-state index in [0.717, 1.165) is 11.3 Å². The number of hydrogen-bond acceptors (Lipinski definition) is 1. The molecule has 0 aliphatic carbocycles. The van der Waals surface area contributed by atoms with Crippen molar-refractivity contribution in [3.63, 3.8) is 0 Å². The monoisotopic (exact) mass is 263 g/mol. The van der Waals surface area contributed by atoms with E-state index in [4.69, 9.17) is 4.43 Å². The molecule has 1 rings (SSSR count). The second-order valence-electron chi connectivity index (χ2n) is 6.13. The fourth-order valence-corrected chi connectivity index (χ4v) is 8.42. The van der Waals surface area contributed by atoms with Crippen molar-refractivity contribution in [3.8, 4) is 5.75 Å². The Labute approximate surface area is 114 Å². The Morgan fingerprint density at radius 3 is 1.89 bits per heavy atom. The van der Waals surface area contributed by atoms with E-state index in [1.165, 1.54) is 0 Å². The number of aryl methyl sites for hydroxylation is 1. The van der Waals surface area contributed by atoms with E-state index in [9.17, 15) is 0 Å². The highest BCUT2D eigenvalue weighted by atomic mass is 28.4. The summed E-state index contributed by atoms with van der Waals surface area (Å²) in [5, 5.41) is 0. The normalized spacial score (nSPS) is 12.6. The van der Waals surface area contributed by atoms with Crippen LogP contribution in [0.2, 0.25) is 16.6 Å². The molecule has 0 aliphatic heterocycles. The fraction of sp³-hybridized carbons (Fsp3) is 0.625. The van der Waals surface area contributed by atoms with Crippen LogP contribution in [0.1, 0.15) is 47.1 Å². The van der Waals surface area contributed by atoms with E-state index in [1.807, 2.05) is 12.1 Å². The second-order valence-corrected chi connectivity index (χ2v) is 11.5. The Kier molecular flexibility index (Phi) is 5.03. The minimum absolute atomic E-state index is 0.613. The first-order valence-electron chi connectivity index (χ1n) is 6.98. The van der Waals surface area contributed by atoms with E-state index in [2.05, 4.69) is 60.6 Å². The summed E-state index contributed by atoms with van der Waals surface area (Å²) < 4.78 is 6.59. The van der Waals surface area contributed by atoms with Gasteiger partial charge in [-0.3, -0.25) is 0 Å². The molecule has 2 heteroatoms. The highest BCUT2D eigenvalue weighted by Crippen LogP contribution is 2.42. The summed E-state index contributed by atoms with van der Waals surface area (Å²) in [6.07, 6.45) is 0. The number of benzene rings is 1. The van der Waals surface area contributed by atoms with Gasteiger partial charge in [-0.25, -0.2) is 0 Å². The van der Waals surface area contributed by atoms with Gasteiger partial charge in [0.05, 0.1) is 0 Å². The second kappa shape index (κ2) is 5.92. The van der Waals surface area contributed by atoms with Crippen LogP contribution in [-0.4, -0.2) is 8.32 Å². The zero-order chi connectivity index (χ0) is 13.9. The van der Waals surface area contributed by atoms with Gasteiger partial charge in [-0.05, 0) is 47.3 Å². The number of hydrogen-bond donors (Lipinski definition) is 0. The average Bonchev–Trinajstić information content (AvgIpc) is 2.24. The van der Waals surface area contributed by atoms with Crippen molar-refractivity contribution in [3.05, 3.63) is 29.8 Å². The van der Waals surface area contributed by atoms with Gasteiger partial charge in [0.1, 0.15) is 5.75 Å². The Morgan fingerprint density at radius 1 is 1.00 bits per heavy atom. The van der Waals surface area contributed by atoms with Crippen molar-refractivity contribution < 1.29 is 4.43 Å². The zero-order valence-electron chi connectivity index (χ0n) is 12.9. The van der Waals surface area contributed by atoms with Gasteiger partial charge >= 0.3 is 0 Å². The first-order valence-corrected chi connectivity index (χ1v) is 9.12. The van der Waals surface area contributed by atoms with E-state index in [-0.39, 0.29) is 0 Å². The third-order valence-corrected chi connectivity index (χ3v) is 9.92. The Hall–Kier alpha value is -0.763. The molecule has 1 aromatic carbocycles. The molecule has 0 aromatic heterocycles. The van der Waals surface area contributed by atoms with Gasteiger partial charge in [0.25, 0.3) is 8.32 Å². The summed E-state index contributed by atoms with van der Waals surface area (Å²) in [6, 6.07) is 9.29. The standard InChI is InChI=1S/C16H27OSi/c1-12(2)18(13(3)4,14(5)6)17-16-10-8-9-15(7)11-16/h8,10-14H,1-7H3. The molecule has 0 bridgehead atoms. The molecule has 0 atom stereocenters. The maximum Gasteiger partial charge on any atom is 0.258 e. The lowest BCUT2D eigenvalue weighted by Crippen LogP contribution is -2.50. The first kappa shape index (κ1) is 15.3. The van der Waals surface area contributed by atoms with Crippen molar-refractivity contribution >= 4 is 8.32 Å². The van der Waals surface area contributed by atoms with Gasteiger partial charge in [-0.1, -0.05) is 47.6 Å². The lowest BCUT2D eigenvalue weighted by Gasteiger charge is -2.42. The average molecular weight is 263 g/mol. The summed E-state index contributed by atoms with van der Waals surface area (Å²) in [7, 11) is -1.81.